The number of aromatic nitrogens is 1. The lowest BCUT2D eigenvalue weighted by Crippen LogP contribution is -2.07. The van der Waals surface area contributed by atoms with Crippen molar-refractivity contribution in [1.29, 1.82) is 0 Å². The average molecular weight is 209 g/mol. The van der Waals surface area contributed by atoms with Crippen LogP contribution in [0, 0.1) is 6.92 Å². The van der Waals surface area contributed by atoms with Gasteiger partial charge in [0.05, 0.1) is 11.4 Å². The Kier molecular flexibility index (Phi) is 4.90. The fourth-order valence-corrected chi connectivity index (χ4v) is 1.21. The van der Waals surface area contributed by atoms with E-state index in [4.69, 9.17) is 10.5 Å². The van der Waals surface area contributed by atoms with Crippen molar-refractivity contribution in [3.63, 3.8) is 0 Å². The van der Waals surface area contributed by atoms with E-state index in [-0.39, 0.29) is 0 Å². The van der Waals surface area contributed by atoms with Crippen LogP contribution in [0.25, 0.3) is 0 Å². The van der Waals surface area contributed by atoms with E-state index in [1.807, 2.05) is 26.0 Å². The second-order valence-electron chi connectivity index (χ2n) is 3.35. The molecule has 1 aromatic rings. The molecule has 0 unspecified atom stereocenters. The number of anilines is 2. The van der Waals surface area contributed by atoms with E-state index in [0.29, 0.717) is 0 Å². The highest BCUT2D eigenvalue weighted by atomic mass is 16.5. The van der Waals surface area contributed by atoms with Crippen LogP contribution in [-0.2, 0) is 4.74 Å². The van der Waals surface area contributed by atoms with Crippen molar-refractivity contribution in [3.8, 4) is 0 Å². The SMILES string of the molecule is CCOCCCNc1ccc(N)c(C)n1. The molecule has 0 aliphatic rings. The summed E-state index contributed by atoms with van der Waals surface area (Å²) in [4.78, 5) is 4.31. The van der Waals surface area contributed by atoms with Gasteiger partial charge in [0.2, 0.25) is 0 Å². The van der Waals surface area contributed by atoms with Gasteiger partial charge < -0.3 is 15.8 Å². The highest BCUT2D eigenvalue weighted by Crippen LogP contribution is 2.11. The van der Waals surface area contributed by atoms with E-state index >= 15 is 0 Å². The third-order valence-corrected chi connectivity index (χ3v) is 2.10. The molecule has 4 heteroatoms. The maximum Gasteiger partial charge on any atom is 0.126 e. The summed E-state index contributed by atoms with van der Waals surface area (Å²) in [5.74, 6) is 0.873. The van der Waals surface area contributed by atoms with Crippen molar-refractivity contribution >= 4 is 11.5 Å². The molecule has 0 saturated heterocycles. The monoisotopic (exact) mass is 209 g/mol. The summed E-state index contributed by atoms with van der Waals surface area (Å²) in [5.41, 5.74) is 7.27. The zero-order valence-electron chi connectivity index (χ0n) is 9.42. The molecule has 0 amide bonds. The molecule has 0 atom stereocenters. The Morgan fingerprint density at radius 1 is 1.47 bits per heavy atom. The normalized spacial score (nSPS) is 10.3. The van der Waals surface area contributed by atoms with Gasteiger partial charge in [0.1, 0.15) is 5.82 Å². The van der Waals surface area contributed by atoms with Gasteiger partial charge in [-0.3, -0.25) is 0 Å². The Bertz CT molecular complexity index is 302. The van der Waals surface area contributed by atoms with E-state index in [0.717, 1.165) is 43.4 Å². The van der Waals surface area contributed by atoms with Crippen molar-refractivity contribution in [1.82, 2.24) is 4.98 Å². The first-order valence-corrected chi connectivity index (χ1v) is 5.28. The predicted molar refractivity (Wildman–Crippen MR) is 63.0 cm³/mol. The van der Waals surface area contributed by atoms with Crippen molar-refractivity contribution < 1.29 is 4.74 Å². The number of pyridine rings is 1. The first kappa shape index (κ1) is 11.8. The van der Waals surface area contributed by atoms with Crippen molar-refractivity contribution in [2.75, 3.05) is 30.8 Å². The lowest BCUT2D eigenvalue weighted by molar-refractivity contribution is 0.147. The third-order valence-electron chi connectivity index (χ3n) is 2.10. The summed E-state index contributed by atoms with van der Waals surface area (Å²) in [6.45, 7) is 6.34. The minimum atomic E-state index is 0.731. The maximum atomic E-state index is 5.67. The summed E-state index contributed by atoms with van der Waals surface area (Å²) in [6, 6.07) is 3.76. The lowest BCUT2D eigenvalue weighted by atomic mass is 10.3. The molecule has 84 valence electrons. The van der Waals surface area contributed by atoms with E-state index < -0.39 is 0 Å². The van der Waals surface area contributed by atoms with Gasteiger partial charge in [-0.2, -0.15) is 0 Å². The molecule has 3 N–H and O–H groups in total. The Morgan fingerprint density at radius 3 is 2.93 bits per heavy atom. The fraction of sp³-hybridized carbons (Fsp3) is 0.545. The first-order chi connectivity index (χ1) is 7.24. The first-order valence-electron chi connectivity index (χ1n) is 5.28. The van der Waals surface area contributed by atoms with Crippen LogP contribution in [0.2, 0.25) is 0 Å². The Labute approximate surface area is 90.8 Å². The van der Waals surface area contributed by atoms with Gasteiger partial charge in [0.25, 0.3) is 0 Å². The second-order valence-corrected chi connectivity index (χ2v) is 3.35. The van der Waals surface area contributed by atoms with Crippen molar-refractivity contribution in [3.05, 3.63) is 17.8 Å². The van der Waals surface area contributed by atoms with Gasteiger partial charge in [-0.05, 0) is 32.4 Å². The van der Waals surface area contributed by atoms with E-state index in [9.17, 15) is 0 Å². The standard InChI is InChI=1S/C11H19N3O/c1-3-15-8-4-7-13-11-6-5-10(12)9(2)14-11/h5-6H,3-4,7-8,12H2,1-2H3,(H,13,14). The number of hydrogen-bond acceptors (Lipinski definition) is 4. The highest BCUT2D eigenvalue weighted by molar-refractivity contribution is 5.48. The van der Waals surface area contributed by atoms with Crippen LogP contribution in [0.15, 0.2) is 12.1 Å². The summed E-state index contributed by atoms with van der Waals surface area (Å²) in [7, 11) is 0. The number of nitrogens with two attached hydrogens (primary N) is 1. The molecule has 0 bridgehead atoms. The molecule has 0 aromatic carbocycles. The summed E-state index contributed by atoms with van der Waals surface area (Å²) in [6.07, 6.45) is 0.985. The molecule has 0 aliphatic heterocycles. The molecule has 4 nitrogen and oxygen atoms in total. The van der Waals surface area contributed by atoms with Crippen LogP contribution in [0.4, 0.5) is 11.5 Å². The average Bonchev–Trinajstić information content (AvgIpc) is 2.23. The van der Waals surface area contributed by atoms with Gasteiger partial charge in [0.15, 0.2) is 0 Å². The number of nitrogens with zero attached hydrogens (tertiary/aromatic N) is 1. The molecule has 0 spiro atoms. The molecule has 15 heavy (non-hydrogen) atoms. The number of rotatable bonds is 6. The minimum Gasteiger partial charge on any atom is -0.397 e. The van der Waals surface area contributed by atoms with Crippen molar-refractivity contribution in [2.45, 2.75) is 20.3 Å². The van der Waals surface area contributed by atoms with Crippen LogP contribution < -0.4 is 11.1 Å². The zero-order chi connectivity index (χ0) is 11.1. The van der Waals surface area contributed by atoms with Crippen LogP contribution in [0.5, 0.6) is 0 Å². The number of ether oxygens (including phenoxy) is 1. The summed E-state index contributed by atoms with van der Waals surface area (Å²) >= 11 is 0. The number of nitrogen functional groups attached to an aromatic ring is 1. The number of nitrogens with one attached hydrogen (secondary N) is 1. The molecule has 0 radical (unpaired) electrons. The third kappa shape index (κ3) is 4.16. The molecular formula is C11H19N3O. The van der Waals surface area contributed by atoms with Crippen LogP contribution in [0.3, 0.4) is 0 Å². The van der Waals surface area contributed by atoms with Gasteiger partial charge in [0, 0.05) is 19.8 Å². The topological polar surface area (TPSA) is 60.2 Å². The molecule has 0 saturated carbocycles. The Balaban J connectivity index is 2.28. The largest absolute Gasteiger partial charge is 0.397 e. The Hall–Kier alpha value is -1.29. The predicted octanol–water partition coefficient (Wildman–Crippen LogP) is 1.81. The quantitative estimate of drug-likeness (QED) is 0.701. The molecule has 0 aliphatic carbocycles. The van der Waals surface area contributed by atoms with E-state index in [1.54, 1.807) is 0 Å². The van der Waals surface area contributed by atoms with Gasteiger partial charge in [-0.25, -0.2) is 4.98 Å². The van der Waals surface area contributed by atoms with Gasteiger partial charge in [-0.1, -0.05) is 0 Å². The highest BCUT2D eigenvalue weighted by Gasteiger charge is 1.97. The summed E-state index contributed by atoms with van der Waals surface area (Å²) < 4.78 is 5.23. The zero-order valence-corrected chi connectivity index (χ0v) is 9.42. The fourth-order valence-electron chi connectivity index (χ4n) is 1.21. The van der Waals surface area contributed by atoms with Gasteiger partial charge in [-0.15, -0.1) is 0 Å². The number of aryl methyl sites for hydroxylation is 1. The molecular weight excluding hydrogens is 190 g/mol. The molecule has 1 aromatic heterocycles. The maximum absolute atomic E-state index is 5.67. The lowest BCUT2D eigenvalue weighted by Gasteiger charge is -2.07. The summed E-state index contributed by atoms with van der Waals surface area (Å²) in [5, 5.41) is 3.22. The second kappa shape index (κ2) is 6.24. The van der Waals surface area contributed by atoms with Crippen LogP contribution >= 0.6 is 0 Å². The molecule has 0 fully saturated rings. The van der Waals surface area contributed by atoms with Crippen molar-refractivity contribution in [2.24, 2.45) is 0 Å². The van der Waals surface area contributed by atoms with E-state index in [2.05, 4.69) is 10.3 Å². The number of hydrogen-bond donors (Lipinski definition) is 2. The van der Waals surface area contributed by atoms with Crippen LogP contribution in [-0.4, -0.2) is 24.7 Å². The van der Waals surface area contributed by atoms with Gasteiger partial charge >= 0.3 is 0 Å². The minimum absolute atomic E-state index is 0.731. The van der Waals surface area contributed by atoms with Crippen LogP contribution in [0.1, 0.15) is 19.0 Å². The molecule has 1 heterocycles. The van der Waals surface area contributed by atoms with E-state index in [1.165, 1.54) is 0 Å². The Morgan fingerprint density at radius 2 is 2.27 bits per heavy atom. The smallest absolute Gasteiger partial charge is 0.126 e. The molecule has 1 rings (SSSR count).